The molecule has 14 heavy (non-hydrogen) atoms. The summed E-state index contributed by atoms with van der Waals surface area (Å²) < 4.78 is 0. The van der Waals surface area contributed by atoms with Crippen LogP contribution >= 0.6 is 0 Å². The number of carboxylic acid groups (broad SMARTS) is 1. The van der Waals surface area contributed by atoms with Crippen LogP contribution in [0.2, 0.25) is 25.7 Å². The van der Waals surface area contributed by atoms with Crippen LogP contribution < -0.4 is 0 Å². The molecule has 0 aromatic heterocycles. The minimum atomic E-state index is -0.981. The van der Waals surface area contributed by atoms with Crippen LogP contribution in [0.1, 0.15) is 13.3 Å². The van der Waals surface area contributed by atoms with Crippen molar-refractivity contribution in [2.24, 2.45) is 0 Å². The SMILES string of the molecule is C=C.C=CC(=O)O.CCC[Si](C)(C)C. The van der Waals surface area contributed by atoms with Gasteiger partial charge in [-0.2, -0.15) is 0 Å². The maximum atomic E-state index is 9.25. The molecule has 0 spiro atoms. The zero-order valence-corrected chi connectivity index (χ0v) is 11.0. The fourth-order valence-electron chi connectivity index (χ4n) is 0.750. The third-order valence-electron chi connectivity index (χ3n) is 1.17. The Morgan fingerprint density at radius 1 is 1.36 bits per heavy atom. The zero-order chi connectivity index (χ0) is 12.2. The van der Waals surface area contributed by atoms with E-state index in [-0.39, 0.29) is 0 Å². The summed E-state index contributed by atoms with van der Waals surface area (Å²) in [5.41, 5.74) is 0. The van der Waals surface area contributed by atoms with Gasteiger partial charge in [0.05, 0.1) is 0 Å². The van der Waals surface area contributed by atoms with E-state index in [9.17, 15) is 4.79 Å². The van der Waals surface area contributed by atoms with Crippen molar-refractivity contribution >= 4 is 14.0 Å². The lowest BCUT2D eigenvalue weighted by Gasteiger charge is -2.12. The average molecular weight is 216 g/mol. The number of carboxylic acids is 1. The van der Waals surface area contributed by atoms with Crippen molar-refractivity contribution in [1.82, 2.24) is 0 Å². The van der Waals surface area contributed by atoms with Crippen LogP contribution in [-0.4, -0.2) is 19.1 Å². The highest BCUT2D eigenvalue weighted by Gasteiger charge is 2.09. The Kier molecular flexibility index (Phi) is 16.4. The molecule has 0 atom stereocenters. The molecule has 0 aromatic carbocycles. The summed E-state index contributed by atoms with van der Waals surface area (Å²) in [7, 11) is -0.657. The molecule has 3 heteroatoms. The van der Waals surface area contributed by atoms with Crippen molar-refractivity contribution in [3.05, 3.63) is 25.8 Å². The van der Waals surface area contributed by atoms with Gasteiger partial charge in [-0.3, -0.25) is 0 Å². The van der Waals surface area contributed by atoms with Gasteiger partial charge in [-0.25, -0.2) is 4.79 Å². The van der Waals surface area contributed by atoms with Gasteiger partial charge in [0.1, 0.15) is 0 Å². The minimum Gasteiger partial charge on any atom is -0.478 e. The fourth-order valence-corrected chi connectivity index (χ4v) is 2.25. The maximum absolute atomic E-state index is 9.25. The predicted molar refractivity (Wildman–Crippen MR) is 67.5 cm³/mol. The second-order valence-electron chi connectivity index (χ2n) is 3.85. The molecule has 0 bridgehead atoms. The van der Waals surface area contributed by atoms with Crippen molar-refractivity contribution in [3.63, 3.8) is 0 Å². The van der Waals surface area contributed by atoms with Crippen LogP contribution in [0.15, 0.2) is 25.8 Å². The first-order valence-corrected chi connectivity index (χ1v) is 8.39. The van der Waals surface area contributed by atoms with Gasteiger partial charge in [-0.1, -0.05) is 45.6 Å². The molecule has 0 saturated heterocycles. The molecule has 0 aromatic rings. The molecule has 0 radical (unpaired) electrons. The smallest absolute Gasteiger partial charge is 0.327 e. The van der Waals surface area contributed by atoms with Crippen LogP contribution in [0.3, 0.4) is 0 Å². The Hall–Kier alpha value is -0.833. The third-order valence-corrected chi connectivity index (χ3v) is 3.17. The predicted octanol–water partition coefficient (Wildman–Crippen LogP) is 3.79. The van der Waals surface area contributed by atoms with E-state index in [2.05, 4.69) is 46.3 Å². The highest BCUT2D eigenvalue weighted by Crippen LogP contribution is 2.09. The van der Waals surface area contributed by atoms with E-state index in [1.165, 1.54) is 12.5 Å². The molecule has 84 valence electrons. The standard InChI is InChI=1S/C6H16Si.C3H4O2.C2H4/c1-5-6-7(2,3)4;1-2-3(4)5;1-2/h5-6H2,1-4H3;2H,1H2,(H,4,5);1-2H2. The Labute approximate surface area is 89.4 Å². The van der Waals surface area contributed by atoms with Crippen LogP contribution in [-0.2, 0) is 4.79 Å². The van der Waals surface area contributed by atoms with Crippen LogP contribution in [0.5, 0.6) is 0 Å². The van der Waals surface area contributed by atoms with Gasteiger partial charge in [0, 0.05) is 14.1 Å². The molecule has 0 unspecified atom stereocenters. The number of rotatable bonds is 3. The number of aliphatic carboxylic acids is 1. The average Bonchev–Trinajstić information content (AvgIpc) is 2.07. The monoisotopic (exact) mass is 216 g/mol. The summed E-state index contributed by atoms with van der Waals surface area (Å²) in [6.07, 6.45) is 2.20. The van der Waals surface area contributed by atoms with Crippen LogP contribution in [0.25, 0.3) is 0 Å². The van der Waals surface area contributed by atoms with Crippen molar-refractivity contribution in [1.29, 1.82) is 0 Å². The summed E-state index contributed by atoms with van der Waals surface area (Å²) >= 11 is 0. The summed E-state index contributed by atoms with van der Waals surface area (Å²) in [5.74, 6) is -0.981. The zero-order valence-electron chi connectivity index (χ0n) is 9.97. The second kappa shape index (κ2) is 12.2. The molecule has 0 amide bonds. The van der Waals surface area contributed by atoms with Gasteiger partial charge in [-0.05, 0) is 0 Å². The Bertz CT molecular complexity index is 148. The number of hydrogen-bond acceptors (Lipinski definition) is 1. The molecular formula is C11H24O2Si. The second-order valence-corrected chi connectivity index (χ2v) is 9.47. The largest absolute Gasteiger partial charge is 0.478 e. The van der Waals surface area contributed by atoms with Crippen LogP contribution in [0.4, 0.5) is 0 Å². The van der Waals surface area contributed by atoms with Crippen molar-refractivity contribution in [2.75, 3.05) is 0 Å². The first-order chi connectivity index (χ1) is 6.33. The molecule has 0 aliphatic heterocycles. The van der Waals surface area contributed by atoms with E-state index >= 15 is 0 Å². The van der Waals surface area contributed by atoms with Gasteiger partial charge in [0.15, 0.2) is 0 Å². The lowest BCUT2D eigenvalue weighted by molar-refractivity contribution is -0.131. The molecule has 0 saturated carbocycles. The van der Waals surface area contributed by atoms with E-state index in [1.807, 2.05) is 0 Å². The third kappa shape index (κ3) is 43.2. The first kappa shape index (κ1) is 18.9. The molecule has 0 fully saturated rings. The van der Waals surface area contributed by atoms with Gasteiger partial charge in [0.2, 0.25) is 0 Å². The van der Waals surface area contributed by atoms with Crippen molar-refractivity contribution in [3.8, 4) is 0 Å². The first-order valence-electron chi connectivity index (χ1n) is 4.69. The molecule has 0 aliphatic carbocycles. The van der Waals surface area contributed by atoms with Crippen molar-refractivity contribution < 1.29 is 9.90 Å². The van der Waals surface area contributed by atoms with Gasteiger partial charge in [0.25, 0.3) is 0 Å². The lowest BCUT2D eigenvalue weighted by Crippen LogP contribution is -2.17. The van der Waals surface area contributed by atoms with Gasteiger partial charge < -0.3 is 5.11 Å². The van der Waals surface area contributed by atoms with E-state index in [4.69, 9.17) is 5.11 Å². The molecular weight excluding hydrogens is 192 g/mol. The topological polar surface area (TPSA) is 37.3 Å². The molecule has 0 aliphatic rings. The highest BCUT2D eigenvalue weighted by atomic mass is 28.3. The number of hydrogen-bond donors (Lipinski definition) is 1. The Morgan fingerprint density at radius 3 is 1.64 bits per heavy atom. The molecule has 2 nitrogen and oxygen atoms in total. The number of carbonyl (C=O) groups is 1. The Morgan fingerprint density at radius 2 is 1.64 bits per heavy atom. The summed E-state index contributed by atoms with van der Waals surface area (Å²) in [6, 6.07) is 1.48. The lowest BCUT2D eigenvalue weighted by atomic mass is 10.6. The van der Waals surface area contributed by atoms with E-state index in [1.54, 1.807) is 0 Å². The van der Waals surface area contributed by atoms with E-state index in [0.717, 1.165) is 6.08 Å². The van der Waals surface area contributed by atoms with Crippen molar-refractivity contribution in [2.45, 2.75) is 39.0 Å². The molecule has 0 heterocycles. The minimum absolute atomic E-state index is 0.657. The highest BCUT2D eigenvalue weighted by molar-refractivity contribution is 6.76. The normalized spacial score (nSPS) is 8.57. The van der Waals surface area contributed by atoms with Crippen LogP contribution in [0, 0.1) is 0 Å². The molecule has 0 rings (SSSR count). The molecule has 1 N–H and O–H groups in total. The Balaban J connectivity index is -0.000000152. The quantitative estimate of drug-likeness (QED) is 0.443. The van der Waals surface area contributed by atoms with Gasteiger partial charge >= 0.3 is 5.97 Å². The summed E-state index contributed by atoms with van der Waals surface area (Å²) in [4.78, 5) is 9.25. The summed E-state index contributed by atoms with van der Waals surface area (Å²) in [5, 5.41) is 7.60. The fraction of sp³-hybridized carbons (Fsp3) is 0.545. The summed E-state index contributed by atoms with van der Waals surface area (Å²) in [6.45, 7) is 18.5. The maximum Gasteiger partial charge on any atom is 0.327 e. The van der Waals surface area contributed by atoms with E-state index < -0.39 is 14.0 Å². The van der Waals surface area contributed by atoms with Gasteiger partial charge in [-0.15, -0.1) is 13.2 Å². The van der Waals surface area contributed by atoms with E-state index in [0.29, 0.717) is 0 Å².